The summed E-state index contributed by atoms with van der Waals surface area (Å²) in [5.74, 6) is 3.38. The van der Waals surface area contributed by atoms with Crippen molar-refractivity contribution in [3.8, 4) is 45.5 Å². The molecule has 0 aliphatic rings. The van der Waals surface area contributed by atoms with Crippen molar-refractivity contribution in [2.75, 3.05) is 26.4 Å². The van der Waals surface area contributed by atoms with Crippen LogP contribution in [0.2, 0.25) is 0 Å². The number of nitrogens with zero attached hydrogens (tertiary/aromatic N) is 1. The highest BCUT2D eigenvalue weighted by molar-refractivity contribution is 5.74. The van der Waals surface area contributed by atoms with Crippen LogP contribution in [0.5, 0.6) is 23.0 Å². The second-order valence-electron chi connectivity index (χ2n) is 13.8. The Labute approximate surface area is 305 Å². The number of hydrogen-bond acceptors (Lipinski definition) is 5. The number of rotatable bonds is 30. The fourth-order valence-electron chi connectivity index (χ4n) is 6.15. The van der Waals surface area contributed by atoms with E-state index in [4.69, 9.17) is 23.9 Å². The summed E-state index contributed by atoms with van der Waals surface area (Å²) in [6.45, 7) is 11.8. The first-order valence-electron chi connectivity index (χ1n) is 20.5. The van der Waals surface area contributed by atoms with E-state index in [0.29, 0.717) is 13.2 Å². The first-order chi connectivity index (χ1) is 24.7. The number of benzene rings is 2. The van der Waals surface area contributed by atoms with E-state index >= 15 is 0 Å². The summed E-state index contributed by atoms with van der Waals surface area (Å²) in [7, 11) is 0. The molecule has 0 amide bonds. The normalized spacial score (nSPS) is 11.1. The standard InChI is InChI=1S/C45H69NO4/c1-5-9-13-17-21-32-47-38-28-30-40(44(36-38)49-34-23-19-15-11-7-3)42-26-25-27-43(46-42)41-31-29-39(48-33-22-18-14-10-6-2)37-45(41)50-35-24-20-16-12-8-4/h25-31,36-37H,5-24,32-35H2,1-4H3. The average molecular weight is 688 g/mol. The Bertz CT molecular complexity index is 1200. The van der Waals surface area contributed by atoms with Crippen molar-refractivity contribution in [2.45, 2.75) is 156 Å². The van der Waals surface area contributed by atoms with Crippen LogP contribution in [0.1, 0.15) is 156 Å². The molecule has 0 saturated carbocycles. The maximum Gasteiger partial charge on any atom is 0.132 e. The van der Waals surface area contributed by atoms with E-state index in [0.717, 1.165) is 84.4 Å². The van der Waals surface area contributed by atoms with Crippen LogP contribution in [0.15, 0.2) is 54.6 Å². The van der Waals surface area contributed by atoms with E-state index in [1.807, 2.05) is 0 Å². The Morgan fingerprint density at radius 3 is 1.08 bits per heavy atom. The van der Waals surface area contributed by atoms with Crippen molar-refractivity contribution in [1.82, 2.24) is 4.98 Å². The first-order valence-corrected chi connectivity index (χ1v) is 20.5. The molecule has 0 aliphatic carbocycles. The summed E-state index contributed by atoms with van der Waals surface area (Å²) in [6.07, 6.45) is 24.2. The molecule has 0 atom stereocenters. The SMILES string of the molecule is CCCCCCCOc1ccc(-c2cccc(-c3ccc(OCCCCCCC)cc3OCCCCCCC)n2)c(OCCCCCCC)c1. The third-order valence-electron chi connectivity index (χ3n) is 9.25. The van der Waals surface area contributed by atoms with Gasteiger partial charge in [0.2, 0.25) is 0 Å². The Balaban J connectivity index is 1.81. The van der Waals surface area contributed by atoms with Gasteiger partial charge in [-0.3, -0.25) is 0 Å². The molecule has 0 aliphatic heterocycles. The van der Waals surface area contributed by atoms with E-state index in [9.17, 15) is 0 Å². The highest BCUT2D eigenvalue weighted by Gasteiger charge is 2.15. The number of pyridine rings is 1. The van der Waals surface area contributed by atoms with E-state index in [1.54, 1.807) is 0 Å². The summed E-state index contributed by atoms with van der Waals surface area (Å²) >= 11 is 0. The molecular formula is C45H69NO4. The fourth-order valence-corrected chi connectivity index (χ4v) is 6.15. The van der Waals surface area contributed by atoms with E-state index in [-0.39, 0.29) is 0 Å². The van der Waals surface area contributed by atoms with Crippen molar-refractivity contribution in [3.63, 3.8) is 0 Å². The molecule has 50 heavy (non-hydrogen) atoms. The van der Waals surface area contributed by atoms with Crippen LogP contribution in [0.3, 0.4) is 0 Å². The minimum absolute atomic E-state index is 0.688. The smallest absolute Gasteiger partial charge is 0.132 e. The summed E-state index contributed by atoms with van der Waals surface area (Å²) in [5, 5.41) is 0. The predicted molar refractivity (Wildman–Crippen MR) is 212 cm³/mol. The van der Waals surface area contributed by atoms with Gasteiger partial charge in [-0.25, -0.2) is 4.98 Å². The molecule has 0 N–H and O–H groups in total. The third-order valence-corrected chi connectivity index (χ3v) is 9.25. The molecule has 1 aromatic heterocycles. The summed E-state index contributed by atoms with van der Waals surface area (Å²) in [4.78, 5) is 5.20. The molecule has 0 bridgehead atoms. The van der Waals surface area contributed by atoms with Crippen LogP contribution >= 0.6 is 0 Å². The zero-order valence-electron chi connectivity index (χ0n) is 32.2. The predicted octanol–water partition coefficient (Wildman–Crippen LogP) is 13.8. The van der Waals surface area contributed by atoms with Gasteiger partial charge in [-0.15, -0.1) is 0 Å². The Morgan fingerprint density at radius 2 is 0.720 bits per heavy atom. The van der Waals surface area contributed by atoms with Crippen molar-refractivity contribution >= 4 is 0 Å². The van der Waals surface area contributed by atoms with Crippen LogP contribution in [-0.4, -0.2) is 31.4 Å². The summed E-state index contributed by atoms with van der Waals surface area (Å²) in [6, 6.07) is 18.7. The summed E-state index contributed by atoms with van der Waals surface area (Å²) < 4.78 is 25.3. The van der Waals surface area contributed by atoms with Gasteiger partial charge < -0.3 is 18.9 Å². The van der Waals surface area contributed by atoms with Crippen molar-refractivity contribution in [3.05, 3.63) is 54.6 Å². The summed E-state index contributed by atoms with van der Waals surface area (Å²) in [5.41, 5.74) is 3.73. The molecule has 5 nitrogen and oxygen atoms in total. The van der Waals surface area contributed by atoms with Gasteiger partial charge in [-0.05, 0) is 62.1 Å². The lowest BCUT2D eigenvalue weighted by Gasteiger charge is -2.16. The lowest BCUT2D eigenvalue weighted by Crippen LogP contribution is -2.03. The number of aromatic nitrogens is 1. The van der Waals surface area contributed by atoms with Gasteiger partial charge >= 0.3 is 0 Å². The third kappa shape index (κ3) is 16.2. The Morgan fingerprint density at radius 1 is 0.380 bits per heavy atom. The molecule has 0 fully saturated rings. The lowest BCUT2D eigenvalue weighted by molar-refractivity contribution is 0.290. The first kappa shape index (κ1) is 41.2. The quantitative estimate of drug-likeness (QED) is 0.0653. The Hall–Kier alpha value is -3.21. The molecule has 0 unspecified atom stereocenters. The molecule has 0 radical (unpaired) electrons. The highest BCUT2D eigenvalue weighted by Crippen LogP contribution is 2.37. The monoisotopic (exact) mass is 688 g/mol. The molecule has 3 aromatic rings. The molecule has 5 heteroatoms. The fraction of sp³-hybridized carbons (Fsp3) is 0.622. The van der Waals surface area contributed by atoms with Crippen molar-refractivity contribution < 1.29 is 18.9 Å². The lowest BCUT2D eigenvalue weighted by atomic mass is 10.1. The van der Waals surface area contributed by atoms with Crippen LogP contribution in [0, 0.1) is 0 Å². The molecular weight excluding hydrogens is 618 g/mol. The van der Waals surface area contributed by atoms with Gasteiger partial charge in [0, 0.05) is 23.3 Å². The maximum atomic E-state index is 6.46. The molecule has 278 valence electrons. The second-order valence-corrected chi connectivity index (χ2v) is 13.8. The van der Waals surface area contributed by atoms with Gasteiger partial charge in [0.25, 0.3) is 0 Å². The van der Waals surface area contributed by atoms with Gasteiger partial charge in [0.05, 0.1) is 37.8 Å². The molecule has 2 aromatic carbocycles. The minimum Gasteiger partial charge on any atom is -0.493 e. The van der Waals surface area contributed by atoms with Crippen LogP contribution in [0.4, 0.5) is 0 Å². The number of unbranched alkanes of at least 4 members (excludes halogenated alkanes) is 16. The van der Waals surface area contributed by atoms with Gasteiger partial charge in [-0.2, -0.15) is 0 Å². The maximum absolute atomic E-state index is 6.46. The van der Waals surface area contributed by atoms with Gasteiger partial charge in [-0.1, -0.05) is 136 Å². The van der Waals surface area contributed by atoms with Crippen LogP contribution < -0.4 is 18.9 Å². The van der Waals surface area contributed by atoms with Gasteiger partial charge in [0.15, 0.2) is 0 Å². The van der Waals surface area contributed by atoms with E-state index in [1.165, 1.54) is 103 Å². The number of hydrogen-bond donors (Lipinski definition) is 0. The molecule has 0 spiro atoms. The van der Waals surface area contributed by atoms with Crippen LogP contribution in [0.25, 0.3) is 22.5 Å². The van der Waals surface area contributed by atoms with Crippen LogP contribution in [-0.2, 0) is 0 Å². The van der Waals surface area contributed by atoms with E-state index < -0.39 is 0 Å². The minimum atomic E-state index is 0.688. The molecule has 1 heterocycles. The van der Waals surface area contributed by atoms with Crippen molar-refractivity contribution in [1.29, 1.82) is 0 Å². The van der Waals surface area contributed by atoms with Crippen molar-refractivity contribution in [2.24, 2.45) is 0 Å². The molecule has 3 rings (SSSR count). The zero-order chi connectivity index (χ0) is 35.5. The average Bonchev–Trinajstić information content (AvgIpc) is 3.14. The van der Waals surface area contributed by atoms with E-state index in [2.05, 4.69) is 82.3 Å². The zero-order valence-corrected chi connectivity index (χ0v) is 32.2. The Kier molecular flexibility index (Phi) is 21.9. The topological polar surface area (TPSA) is 49.8 Å². The highest BCUT2D eigenvalue weighted by atomic mass is 16.5. The number of ether oxygens (including phenoxy) is 4. The van der Waals surface area contributed by atoms with Gasteiger partial charge in [0.1, 0.15) is 23.0 Å². The largest absolute Gasteiger partial charge is 0.493 e. The second kappa shape index (κ2) is 26.6. The molecule has 0 saturated heterocycles.